The molecule has 2 aliphatic heterocycles. The number of nitrogens with one attached hydrogen (secondary N) is 1. The number of benzene rings is 3. The molecule has 2 heterocycles. The molecule has 0 saturated carbocycles. The van der Waals surface area contributed by atoms with Crippen LogP contribution >= 0.6 is 0 Å². The van der Waals surface area contributed by atoms with Crippen molar-refractivity contribution in [1.29, 1.82) is 0 Å². The van der Waals surface area contributed by atoms with Crippen molar-refractivity contribution in [1.82, 2.24) is 14.7 Å². The van der Waals surface area contributed by atoms with E-state index in [4.69, 9.17) is 0 Å². The fraction of sp³-hybridized carbons (Fsp3) is 0.367. The molecule has 0 bridgehead atoms. The molecule has 0 aliphatic carbocycles. The van der Waals surface area contributed by atoms with Gasteiger partial charge in [-0.3, -0.25) is 19.5 Å². The average Bonchev–Trinajstić information content (AvgIpc) is 2.92. The Morgan fingerprint density at radius 2 is 1.06 bits per heavy atom. The molecule has 0 radical (unpaired) electrons. The van der Waals surface area contributed by atoms with Gasteiger partial charge in [-0.2, -0.15) is 0 Å². The van der Waals surface area contributed by atoms with Crippen LogP contribution in [-0.4, -0.2) is 79.5 Å². The van der Waals surface area contributed by atoms with Crippen LogP contribution < -0.4 is 10.2 Å². The van der Waals surface area contributed by atoms with Crippen molar-refractivity contribution in [2.75, 3.05) is 69.1 Å². The van der Waals surface area contributed by atoms with Crippen molar-refractivity contribution in [2.24, 2.45) is 0 Å². The van der Waals surface area contributed by atoms with Gasteiger partial charge in [0.25, 0.3) is 0 Å². The fourth-order valence-electron chi connectivity index (χ4n) is 5.11. The van der Waals surface area contributed by atoms with E-state index in [2.05, 4.69) is 97.7 Å². The molecule has 1 N–H and O–H groups in total. The summed E-state index contributed by atoms with van der Waals surface area (Å²) in [5.74, 6) is 0.0637. The number of nitrogens with zero attached hydrogens (tertiary/aromatic N) is 4. The van der Waals surface area contributed by atoms with Crippen LogP contribution in [0.15, 0.2) is 84.9 Å². The molecule has 2 fully saturated rings. The molecule has 6 heteroatoms. The first-order valence-corrected chi connectivity index (χ1v) is 13.1. The highest BCUT2D eigenvalue weighted by Gasteiger charge is 2.20. The summed E-state index contributed by atoms with van der Waals surface area (Å²) in [7, 11) is 0. The summed E-state index contributed by atoms with van der Waals surface area (Å²) in [4.78, 5) is 22.3. The predicted molar refractivity (Wildman–Crippen MR) is 147 cm³/mol. The SMILES string of the molecule is O=C(CN1CCN(Cc2ccccc2)CC1)Nc1ccc(N2CCN(Cc3ccccc3)CC2)cc1. The van der Waals surface area contributed by atoms with Crippen molar-refractivity contribution < 1.29 is 4.79 Å². The number of carbonyl (C=O) groups excluding carboxylic acids is 1. The fourth-order valence-corrected chi connectivity index (χ4v) is 5.11. The topological polar surface area (TPSA) is 42.1 Å². The van der Waals surface area contributed by atoms with E-state index in [0.29, 0.717) is 6.54 Å². The largest absolute Gasteiger partial charge is 0.369 e. The van der Waals surface area contributed by atoms with Gasteiger partial charge in [-0.25, -0.2) is 0 Å². The first-order valence-electron chi connectivity index (χ1n) is 13.1. The maximum atomic E-state index is 12.6. The molecular weight excluding hydrogens is 446 g/mol. The van der Waals surface area contributed by atoms with Crippen molar-refractivity contribution in [3.8, 4) is 0 Å². The first-order chi connectivity index (χ1) is 17.7. The minimum atomic E-state index is 0.0637. The van der Waals surface area contributed by atoms with Crippen LogP contribution in [0.25, 0.3) is 0 Å². The van der Waals surface area contributed by atoms with Crippen LogP contribution in [-0.2, 0) is 17.9 Å². The lowest BCUT2D eigenvalue weighted by atomic mass is 10.2. The molecule has 2 aliphatic rings. The van der Waals surface area contributed by atoms with E-state index in [9.17, 15) is 4.79 Å². The van der Waals surface area contributed by atoms with E-state index < -0.39 is 0 Å². The monoisotopic (exact) mass is 483 g/mol. The summed E-state index contributed by atoms with van der Waals surface area (Å²) in [5.41, 5.74) is 4.82. The van der Waals surface area contributed by atoms with Crippen LogP contribution in [0.2, 0.25) is 0 Å². The number of carbonyl (C=O) groups is 1. The maximum absolute atomic E-state index is 12.6. The lowest BCUT2D eigenvalue weighted by molar-refractivity contribution is -0.117. The van der Waals surface area contributed by atoms with Gasteiger partial charge in [0.1, 0.15) is 0 Å². The second-order valence-corrected chi connectivity index (χ2v) is 9.88. The summed E-state index contributed by atoms with van der Waals surface area (Å²) >= 11 is 0. The quantitative estimate of drug-likeness (QED) is 0.528. The Morgan fingerprint density at radius 3 is 1.58 bits per heavy atom. The summed E-state index contributed by atoms with van der Waals surface area (Å²) in [6, 6.07) is 29.6. The third-order valence-corrected chi connectivity index (χ3v) is 7.22. The molecule has 6 nitrogen and oxygen atoms in total. The standard InChI is InChI=1S/C30H37N5O/c36-30(25-34-17-15-32(16-18-34)23-26-7-3-1-4-8-26)31-28-11-13-29(14-12-28)35-21-19-33(20-22-35)24-27-9-5-2-6-10-27/h1-14H,15-25H2,(H,31,36). The Labute approximate surface area is 215 Å². The minimum Gasteiger partial charge on any atom is -0.369 e. The Bertz CT molecular complexity index is 1070. The number of anilines is 2. The number of piperazine rings is 2. The molecule has 1 amide bonds. The van der Waals surface area contributed by atoms with E-state index in [1.165, 1.54) is 16.8 Å². The van der Waals surface area contributed by atoms with Gasteiger partial charge in [0.15, 0.2) is 0 Å². The zero-order valence-corrected chi connectivity index (χ0v) is 21.1. The minimum absolute atomic E-state index is 0.0637. The van der Waals surface area contributed by atoms with E-state index in [1.54, 1.807) is 0 Å². The Balaban J connectivity index is 1.02. The Hall–Kier alpha value is -3.19. The molecule has 3 aromatic carbocycles. The molecule has 0 spiro atoms. The molecule has 0 atom stereocenters. The highest BCUT2D eigenvalue weighted by atomic mass is 16.2. The number of amides is 1. The van der Waals surface area contributed by atoms with Crippen LogP contribution in [0.3, 0.4) is 0 Å². The van der Waals surface area contributed by atoms with Crippen LogP contribution in [0.1, 0.15) is 11.1 Å². The second-order valence-electron chi connectivity index (χ2n) is 9.88. The third-order valence-electron chi connectivity index (χ3n) is 7.22. The Kier molecular flexibility index (Phi) is 8.28. The van der Waals surface area contributed by atoms with Crippen molar-refractivity contribution in [3.05, 3.63) is 96.1 Å². The van der Waals surface area contributed by atoms with Gasteiger partial charge in [-0.1, -0.05) is 60.7 Å². The normalized spacial score (nSPS) is 17.7. The first kappa shape index (κ1) is 24.5. The third kappa shape index (κ3) is 6.94. The summed E-state index contributed by atoms with van der Waals surface area (Å²) in [5, 5.41) is 3.08. The molecule has 5 rings (SSSR count). The average molecular weight is 484 g/mol. The van der Waals surface area contributed by atoms with Crippen LogP contribution in [0.5, 0.6) is 0 Å². The van der Waals surface area contributed by atoms with E-state index >= 15 is 0 Å². The number of rotatable bonds is 8. The molecule has 0 unspecified atom stereocenters. The highest BCUT2D eigenvalue weighted by Crippen LogP contribution is 2.20. The van der Waals surface area contributed by atoms with Gasteiger partial charge >= 0.3 is 0 Å². The summed E-state index contributed by atoms with van der Waals surface area (Å²) in [6.45, 7) is 10.5. The van der Waals surface area contributed by atoms with Crippen molar-refractivity contribution in [3.63, 3.8) is 0 Å². The molecule has 36 heavy (non-hydrogen) atoms. The van der Waals surface area contributed by atoms with Gasteiger partial charge in [-0.05, 0) is 35.4 Å². The maximum Gasteiger partial charge on any atom is 0.238 e. The number of hydrogen-bond acceptors (Lipinski definition) is 5. The second kappa shape index (κ2) is 12.2. The molecular formula is C30H37N5O. The van der Waals surface area contributed by atoms with E-state index in [-0.39, 0.29) is 5.91 Å². The predicted octanol–water partition coefficient (Wildman–Crippen LogP) is 3.77. The number of hydrogen-bond donors (Lipinski definition) is 1. The smallest absolute Gasteiger partial charge is 0.238 e. The highest BCUT2D eigenvalue weighted by molar-refractivity contribution is 5.92. The van der Waals surface area contributed by atoms with Gasteiger partial charge < -0.3 is 10.2 Å². The lowest BCUT2D eigenvalue weighted by Crippen LogP contribution is -2.48. The van der Waals surface area contributed by atoms with E-state index in [1.807, 2.05) is 12.1 Å². The zero-order chi connectivity index (χ0) is 24.6. The molecule has 2 saturated heterocycles. The summed E-state index contributed by atoms with van der Waals surface area (Å²) < 4.78 is 0. The van der Waals surface area contributed by atoms with E-state index in [0.717, 1.165) is 71.1 Å². The molecule has 188 valence electrons. The van der Waals surface area contributed by atoms with Crippen LogP contribution in [0, 0.1) is 0 Å². The van der Waals surface area contributed by atoms with Crippen molar-refractivity contribution >= 4 is 17.3 Å². The Morgan fingerprint density at radius 1 is 0.583 bits per heavy atom. The van der Waals surface area contributed by atoms with Gasteiger partial charge in [-0.15, -0.1) is 0 Å². The summed E-state index contributed by atoms with van der Waals surface area (Å²) in [6.07, 6.45) is 0. The van der Waals surface area contributed by atoms with Gasteiger partial charge in [0, 0.05) is 76.8 Å². The van der Waals surface area contributed by atoms with Gasteiger partial charge in [0.05, 0.1) is 6.54 Å². The molecule has 3 aromatic rings. The lowest BCUT2D eigenvalue weighted by Gasteiger charge is -2.36. The zero-order valence-electron chi connectivity index (χ0n) is 21.1. The van der Waals surface area contributed by atoms with Gasteiger partial charge in [0.2, 0.25) is 5.91 Å². The van der Waals surface area contributed by atoms with Crippen molar-refractivity contribution in [2.45, 2.75) is 13.1 Å². The van der Waals surface area contributed by atoms with Crippen LogP contribution in [0.4, 0.5) is 11.4 Å². The molecule has 0 aromatic heterocycles.